The molecule has 1 heterocycles. The molecule has 0 bridgehead atoms. The van der Waals surface area contributed by atoms with Crippen molar-refractivity contribution in [3.63, 3.8) is 0 Å². The van der Waals surface area contributed by atoms with Crippen LogP contribution in [0, 0.1) is 0 Å². The minimum Gasteiger partial charge on any atom is -0.372 e. The number of carbonyl (C=O) groups is 1. The smallest absolute Gasteiger partial charge is 0.176 e. The summed E-state index contributed by atoms with van der Waals surface area (Å²) < 4.78 is 0. The molecule has 3 heteroatoms. The Morgan fingerprint density at radius 1 is 1.11 bits per heavy atom. The molecule has 18 heavy (non-hydrogen) atoms. The summed E-state index contributed by atoms with van der Waals surface area (Å²) in [6.45, 7) is 2.69. The van der Waals surface area contributed by atoms with E-state index in [1.54, 1.807) is 7.05 Å². The van der Waals surface area contributed by atoms with Crippen molar-refractivity contribution in [2.75, 3.05) is 31.6 Å². The van der Waals surface area contributed by atoms with E-state index in [2.05, 4.69) is 22.3 Å². The van der Waals surface area contributed by atoms with Crippen LogP contribution in [0.5, 0.6) is 0 Å². The Bertz CT molecular complexity index is 378. The zero-order chi connectivity index (χ0) is 12.8. The van der Waals surface area contributed by atoms with E-state index in [-0.39, 0.29) is 5.78 Å². The molecule has 2 rings (SSSR count). The third-order valence-corrected chi connectivity index (χ3v) is 3.50. The number of nitrogens with zero attached hydrogens (tertiary/aromatic N) is 1. The number of hydrogen-bond acceptors (Lipinski definition) is 3. The highest BCUT2D eigenvalue weighted by Gasteiger charge is 2.10. The molecule has 1 N–H and O–H groups in total. The van der Waals surface area contributed by atoms with Gasteiger partial charge in [0.05, 0.1) is 6.54 Å². The van der Waals surface area contributed by atoms with Gasteiger partial charge < -0.3 is 10.2 Å². The number of ketones is 1. The molecule has 1 aliphatic heterocycles. The predicted molar refractivity (Wildman–Crippen MR) is 75.4 cm³/mol. The molecule has 0 spiro atoms. The average molecular weight is 246 g/mol. The fraction of sp³-hybridized carbons (Fsp3) is 0.533. The first-order valence-corrected chi connectivity index (χ1v) is 6.84. The van der Waals surface area contributed by atoms with E-state index >= 15 is 0 Å². The van der Waals surface area contributed by atoms with Crippen molar-refractivity contribution < 1.29 is 4.79 Å². The Labute approximate surface area is 109 Å². The summed E-state index contributed by atoms with van der Waals surface area (Å²) in [5, 5.41) is 2.89. The first-order valence-electron chi connectivity index (χ1n) is 6.84. The zero-order valence-corrected chi connectivity index (χ0v) is 11.1. The molecule has 1 aliphatic rings. The van der Waals surface area contributed by atoms with E-state index in [0.717, 1.165) is 18.7 Å². The normalized spacial score (nSPS) is 16.4. The van der Waals surface area contributed by atoms with Crippen LogP contribution >= 0.6 is 0 Å². The van der Waals surface area contributed by atoms with Crippen LogP contribution in [-0.2, 0) is 0 Å². The van der Waals surface area contributed by atoms with Gasteiger partial charge in [0.2, 0.25) is 0 Å². The highest BCUT2D eigenvalue weighted by Crippen LogP contribution is 2.20. The molecular formula is C15H22N2O. The number of likely N-dealkylation sites (N-methyl/N-ethyl adjacent to an activating group) is 1. The third kappa shape index (κ3) is 3.33. The van der Waals surface area contributed by atoms with Gasteiger partial charge in [-0.1, -0.05) is 12.8 Å². The molecule has 0 aromatic heterocycles. The fourth-order valence-electron chi connectivity index (χ4n) is 2.45. The van der Waals surface area contributed by atoms with E-state index in [1.165, 1.54) is 31.4 Å². The van der Waals surface area contributed by atoms with Gasteiger partial charge in [-0.25, -0.2) is 0 Å². The Morgan fingerprint density at radius 2 is 1.72 bits per heavy atom. The van der Waals surface area contributed by atoms with Crippen LogP contribution < -0.4 is 10.2 Å². The molecule has 0 unspecified atom stereocenters. The number of hydrogen-bond donors (Lipinski definition) is 1. The highest BCUT2D eigenvalue weighted by molar-refractivity contribution is 5.97. The summed E-state index contributed by atoms with van der Waals surface area (Å²) in [4.78, 5) is 14.1. The summed E-state index contributed by atoms with van der Waals surface area (Å²) in [5.41, 5.74) is 2.04. The van der Waals surface area contributed by atoms with Gasteiger partial charge >= 0.3 is 0 Å². The molecule has 0 saturated carbocycles. The highest BCUT2D eigenvalue weighted by atomic mass is 16.1. The Morgan fingerprint density at radius 3 is 2.28 bits per heavy atom. The van der Waals surface area contributed by atoms with Crippen LogP contribution in [0.4, 0.5) is 5.69 Å². The van der Waals surface area contributed by atoms with Gasteiger partial charge in [0.15, 0.2) is 5.78 Å². The lowest BCUT2D eigenvalue weighted by atomic mass is 10.1. The fourth-order valence-corrected chi connectivity index (χ4v) is 2.45. The monoisotopic (exact) mass is 246 g/mol. The molecule has 3 nitrogen and oxygen atoms in total. The number of benzene rings is 1. The van der Waals surface area contributed by atoms with Crippen LogP contribution in [0.25, 0.3) is 0 Å². The topological polar surface area (TPSA) is 32.3 Å². The van der Waals surface area contributed by atoms with Gasteiger partial charge in [-0.2, -0.15) is 0 Å². The summed E-state index contributed by atoms with van der Waals surface area (Å²) in [6, 6.07) is 8.04. The maximum absolute atomic E-state index is 11.7. The van der Waals surface area contributed by atoms with E-state index in [9.17, 15) is 4.79 Å². The summed E-state index contributed by atoms with van der Waals surface area (Å²) in [6.07, 6.45) is 5.24. The van der Waals surface area contributed by atoms with Gasteiger partial charge in [-0.3, -0.25) is 4.79 Å². The van der Waals surface area contributed by atoms with Crippen molar-refractivity contribution >= 4 is 11.5 Å². The second-order valence-corrected chi connectivity index (χ2v) is 4.90. The SMILES string of the molecule is CNCC(=O)c1ccc(N2CCCCCC2)cc1. The lowest BCUT2D eigenvalue weighted by Gasteiger charge is -2.22. The number of carbonyl (C=O) groups excluding carboxylic acids is 1. The van der Waals surface area contributed by atoms with Crippen molar-refractivity contribution in [2.45, 2.75) is 25.7 Å². The largest absolute Gasteiger partial charge is 0.372 e. The van der Waals surface area contributed by atoms with Gasteiger partial charge in [-0.15, -0.1) is 0 Å². The van der Waals surface area contributed by atoms with Crippen molar-refractivity contribution in [2.24, 2.45) is 0 Å². The van der Waals surface area contributed by atoms with Crippen LogP contribution in [0.2, 0.25) is 0 Å². The third-order valence-electron chi connectivity index (χ3n) is 3.50. The molecule has 0 aliphatic carbocycles. The van der Waals surface area contributed by atoms with Gasteiger partial charge in [0.25, 0.3) is 0 Å². The van der Waals surface area contributed by atoms with Crippen LogP contribution in [0.1, 0.15) is 36.0 Å². The van der Waals surface area contributed by atoms with E-state index in [1.807, 2.05) is 12.1 Å². The molecule has 98 valence electrons. The Balaban J connectivity index is 2.04. The minimum atomic E-state index is 0.153. The van der Waals surface area contributed by atoms with Crippen molar-refractivity contribution in [3.8, 4) is 0 Å². The minimum absolute atomic E-state index is 0.153. The first-order chi connectivity index (χ1) is 8.81. The van der Waals surface area contributed by atoms with E-state index < -0.39 is 0 Å². The second kappa shape index (κ2) is 6.55. The lowest BCUT2D eigenvalue weighted by Crippen LogP contribution is -2.24. The Hall–Kier alpha value is -1.35. The maximum atomic E-state index is 11.7. The molecule has 0 radical (unpaired) electrons. The van der Waals surface area contributed by atoms with Crippen LogP contribution in [0.3, 0.4) is 0 Å². The second-order valence-electron chi connectivity index (χ2n) is 4.90. The maximum Gasteiger partial charge on any atom is 0.176 e. The standard InChI is InChI=1S/C15H22N2O/c1-16-12-15(18)13-6-8-14(9-7-13)17-10-4-2-3-5-11-17/h6-9,16H,2-5,10-12H2,1H3. The summed E-state index contributed by atoms with van der Waals surface area (Å²) in [7, 11) is 1.80. The van der Waals surface area contributed by atoms with E-state index in [4.69, 9.17) is 0 Å². The number of anilines is 1. The summed E-state index contributed by atoms with van der Waals surface area (Å²) in [5.74, 6) is 0.153. The molecule has 0 amide bonds. The van der Waals surface area contributed by atoms with Crippen LogP contribution in [-0.4, -0.2) is 32.5 Å². The molecule has 0 atom stereocenters. The number of nitrogens with one attached hydrogen (secondary N) is 1. The average Bonchev–Trinajstić information content (AvgIpc) is 2.68. The van der Waals surface area contributed by atoms with Gasteiger partial charge in [0.1, 0.15) is 0 Å². The molecule has 1 fully saturated rings. The summed E-state index contributed by atoms with van der Waals surface area (Å²) >= 11 is 0. The predicted octanol–water partition coefficient (Wildman–Crippen LogP) is 2.47. The lowest BCUT2D eigenvalue weighted by molar-refractivity contribution is 0.0993. The van der Waals surface area contributed by atoms with Crippen molar-refractivity contribution in [1.29, 1.82) is 0 Å². The van der Waals surface area contributed by atoms with Gasteiger partial charge in [0, 0.05) is 24.3 Å². The quantitative estimate of drug-likeness (QED) is 0.828. The number of Topliss-reactive ketones (excluding diaryl/α,β-unsaturated/α-hetero) is 1. The zero-order valence-electron chi connectivity index (χ0n) is 11.1. The van der Waals surface area contributed by atoms with Gasteiger partial charge in [-0.05, 0) is 44.2 Å². The first kappa shape index (κ1) is 13.1. The Kier molecular flexibility index (Phi) is 4.76. The van der Waals surface area contributed by atoms with Crippen molar-refractivity contribution in [1.82, 2.24) is 5.32 Å². The van der Waals surface area contributed by atoms with Crippen molar-refractivity contribution in [3.05, 3.63) is 29.8 Å². The number of rotatable bonds is 4. The molecule has 1 aromatic rings. The molecular weight excluding hydrogens is 224 g/mol. The molecule has 1 saturated heterocycles. The molecule has 1 aromatic carbocycles. The van der Waals surface area contributed by atoms with E-state index in [0.29, 0.717) is 6.54 Å². The van der Waals surface area contributed by atoms with Crippen LogP contribution in [0.15, 0.2) is 24.3 Å².